The van der Waals surface area contributed by atoms with Crippen molar-refractivity contribution in [2.45, 2.75) is 18.8 Å². The summed E-state index contributed by atoms with van der Waals surface area (Å²) in [4.78, 5) is 2.61. The Kier molecular flexibility index (Phi) is 3.85. The molecule has 3 aliphatic rings. The summed E-state index contributed by atoms with van der Waals surface area (Å²) < 4.78 is 0. The second kappa shape index (κ2) is 6.08. The van der Waals surface area contributed by atoms with Crippen molar-refractivity contribution in [3.8, 4) is 0 Å². The number of hydrogen-bond donors (Lipinski definition) is 2. The Labute approximate surface area is 158 Å². The van der Waals surface area contributed by atoms with Crippen LogP contribution in [0.4, 0.5) is 17.1 Å². The zero-order valence-electron chi connectivity index (χ0n) is 14.0. The zero-order valence-corrected chi connectivity index (χ0v) is 15.5. The molecule has 5 heteroatoms. The normalized spacial score (nSPS) is 24.0. The fraction of sp³-hybridized carbons (Fsp3) is 0.400. The van der Waals surface area contributed by atoms with Gasteiger partial charge < -0.3 is 15.5 Å². The molecule has 1 saturated heterocycles. The van der Waals surface area contributed by atoms with Crippen molar-refractivity contribution >= 4 is 40.3 Å². The second-order valence-corrected chi connectivity index (χ2v) is 8.18. The molecule has 3 nitrogen and oxygen atoms in total. The lowest BCUT2D eigenvalue weighted by Crippen LogP contribution is -2.41. The van der Waals surface area contributed by atoms with Gasteiger partial charge in [0.1, 0.15) is 0 Å². The Morgan fingerprint density at radius 2 is 1.96 bits per heavy atom. The molecule has 2 atom stereocenters. The Morgan fingerprint density at radius 3 is 2.80 bits per heavy atom. The highest BCUT2D eigenvalue weighted by atomic mass is 35.5. The molecule has 3 heterocycles. The van der Waals surface area contributed by atoms with Crippen LogP contribution in [0.1, 0.15) is 23.5 Å². The molecule has 0 saturated carbocycles. The monoisotopic (exact) mass is 373 g/mol. The summed E-state index contributed by atoms with van der Waals surface area (Å²) in [7, 11) is 0. The molecule has 0 aliphatic carbocycles. The van der Waals surface area contributed by atoms with E-state index in [0.717, 1.165) is 36.8 Å². The molecule has 0 radical (unpaired) electrons. The fourth-order valence-corrected chi connectivity index (χ4v) is 5.23. The fourth-order valence-electron chi connectivity index (χ4n) is 4.74. The van der Waals surface area contributed by atoms with Crippen molar-refractivity contribution < 1.29 is 0 Å². The molecule has 3 aliphatic heterocycles. The molecule has 2 unspecified atom stereocenters. The number of hydrogen-bond acceptors (Lipinski definition) is 3. The van der Waals surface area contributed by atoms with Crippen molar-refractivity contribution in [3.63, 3.8) is 0 Å². The van der Waals surface area contributed by atoms with Crippen LogP contribution in [0.3, 0.4) is 0 Å². The predicted molar refractivity (Wildman–Crippen MR) is 106 cm³/mol. The van der Waals surface area contributed by atoms with Crippen molar-refractivity contribution in [1.29, 1.82) is 0 Å². The molecule has 0 aromatic heterocycles. The van der Waals surface area contributed by atoms with Crippen LogP contribution in [-0.4, -0.2) is 26.2 Å². The first-order valence-electron chi connectivity index (χ1n) is 9.04. The van der Waals surface area contributed by atoms with Gasteiger partial charge in [-0.05, 0) is 54.2 Å². The van der Waals surface area contributed by atoms with E-state index in [9.17, 15) is 0 Å². The lowest BCUT2D eigenvalue weighted by Gasteiger charge is -2.42. The van der Waals surface area contributed by atoms with Gasteiger partial charge in [-0.1, -0.05) is 29.3 Å². The van der Waals surface area contributed by atoms with E-state index in [1.165, 1.54) is 36.3 Å². The minimum absolute atomic E-state index is 0.617. The maximum absolute atomic E-state index is 6.35. The highest BCUT2D eigenvalue weighted by Crippen LogP contribution is 2.46. The molecule has 2 aromatic rings. The van der Waals surface area contributed by atoms with Crippen LogP contribution >= 0.6 is 23.2 Å². The third-order valence-corrected chi connectivity index (χ3v) is 6.46. The lowest BCUT2D eigenvalue weighted by atomic mass is 9.80. The molecule has 130 valence electrons. The van der Waals surface area contributed by atoms with Gasteiger partial charge >= 0.3 is 0 Å². The molecule has 0 amide bonds. The first-order chi connectivity index (χ1) is 12.2. The summed E-state index contributed by atoms with van der Waals surface area (Å²) in [6.07, 6.45) is 2.38. The third kappa shape index (κ3) is 2.61. The van der Waals surface area contributed by atoms with Gasteiger partial charge in [-0.2, -0.15) is 0 Å². The Morgan fingerprint density at radius 1 is 1.12 bits per heavy atom. The van der Waals surface area contributed by atoms with Gasteiger partial charge in [0, 0.05) is 43.5 Å². The summed E-state index contributed by atoms with van der Waals surface area (Å²) in [6.45, 7) is 4.60. The number of rotatable bonds is 2. The summed E-state index contributed by atoms with van der Waals surface area (Å²) in [6, 6.07) is 10.2. The Balaban J connectivity index is 1.60. The summed E-state index contributed by atoms with van der Waals surface area (Å²) >= 11 is 12.7. The number of anilines is 3. The van der Waals surface area contributed by atoms with E-state index in [-0.39, 0.29) is 0 Å². The first kappa shape index (κ1) is 15.8. The third-order valence-electron chi connectivity index (χ3n) is 5.83. The molecule has 0 spiro atoms. The van der Waals surface area contributed by atoms with Gasteiger partial charge in [-0.25, -0.2) is 0 Å². The molecule has 2 aromatic carbocycles. The van der Waals surface area contributed by atoms with E-state index in [4.69, 9.17) is 23.2 Å². The van der Waals surface area contributed by atoms with Crippen molar-refractivity contribution in [2.75, 3.05) is 36.4 Å². The van der Waals surface area contributed by atoms with Crippen LogP contribution in [0.2, 0.25) is 10.0 Å². The Hall–Kier alpha value is -1.42. The lowest BCUT2D eigenvalue weighted by molar-refractivity contribution is 0.470. The maximum atomic E-state index is 6.35. The standard InChI is InChI=1S/C20H21Cl2N3/c21-17-4-1-5-18(22)19(17)24-14-7-12-3-2-6-25-11-13-9-23-10-16(13)15(8-14)20(12)25/h1,4-5,7-8,13,16,23-24H,2-3,6,9-11H2. The molecule has 5 rings (SSSR count). The van der Waals surface area contributed by atoms with Crippen LogP contribution < -0.4 is 15.5 Å². The molecule has 2 N–H and O–H groups in total. The number of nitrogens with one attached hydrogen (secondary N) is 2. The van der Waals surface area contributed by atoms with E-state index >= 15 is 0 Å². The molecule has 25 heavy (non-hydrogen) atoms. The highest BCUT2D eigenvalue weighted by Gasteiger charge is 2.38. The van der Waals surface area contributed by atoms with E-state index < -0.39 is 0 Å². The average molecular weight is 374 g/mol. The van der Waals surface area contributed by atoms with Crippen molar-refractivity contribution in [1.82, 2.24) is 5.32 Å². The largest absolute Gasteiger partial charge is 0.371 e. The smallest absolute Gasteiger partial charge is 0.0762 e. The number of fused-ring (bicyclic) bond motifs is 2. The molecular weight excluding hydrogens is 353 g/mol. The number of para-hydroxylation sites is 1. The number of aryl methyl sites for hydroxylation is 1. The van der Waals surface area contributed by atoms with Crippen LogP contribution in [-0.2, 0) is 6.42 Å². The van der Waals surface area contributed by atoms with Crippen LogP contribution in [0.5, 0.6) is 0 Å². The van der Waals surface area contributed by atoms with E-state index in [1.807, 2.05) is 18.2 Å². The Bertz CT molecular complexity index is 816. The van der Waals surface area contributed by atoms with Gasteiger partial charge in [-0.3, -0.25) is 0 Å². The molecule has 0 bridgehead atoms. The number of halogens is 2. The van der Waals surface area contributed by atoms with Crippen molar-refractivity contribution in [2.24, 2.45) is 5.92 Å². The van der Waals surface area contributed by atoms with Crippen molar-refractivity contribution in [3.05, 3.63) is 51.5 Å². The van der Waals surface area contributed by atoms with Gasteiger partial charge in [0.2, 0.25) is 0 Å². The zero-order chi connectivity index (χ0) is 17.0. The van der Waals surface area contributed by atoms with Gasteiger partial charge in [-0.15, -0.1) is 0 Å². The van der Waals surface area contributed by atoms with Gasteiger partial charge in [0.25, 0.3) is 0 Å². The van der Waals surface area contributed by atoms with Gasteiger partial charge in [0.05, 0.1) is 15.7 Å². The predicted octanol–water partition coefficient (Wildman–Crippen LogP) is 4.81. The quantitative estimate of drug-likeness (QED) is 0.790. The topological polar surface area (TPSA) is 27.3 Å². The number of benzene rings is 2. The highest BCUT2D eigenvalue weighted by molar-refractivity contribution is 6.39. The van der Waals surface area contributed by atoms with Crippen LogP contribution in [0.25, 0.3) is 0 Å². The maximum Gasteiger partial charge on any atom is 0.0762 e. The SMILES string of the molecule is Clc1cccc(Cl)c1Nc1cc2c3c(c1)C1CNCC1CN3CCC2. The van der Waals surface area contributed by atoms with E-state index in [1.54, 1.807) is 0 Å². The van der Waals surface area contributed by atoms with Gasteiger partial charge in [0.15, 0.2) is 0 Å². The van der Waals surface area contributed by atoms with Crippen LogP contribution in [0, 0.1) is 5.92 Å². The molecule has 1 fully saturated rings. The minimum Gasteiger partial charge on any atom is -0.371 e. The first-order valence-corrected chi connectivity index (χ1v) is 9.80. The van der Waals surface area contributed by atoms with Crippen LogP contribution in [0.15, 0.2) is 30.3 Å². The number of nitrogens with zero attached hydrogens (tertiary/aromatic N) is 1. The van der Waals surface area contributed by atoms with E-state index in [2.05, 4.69) is 27.7 Å². The van der Waals surface area contributed by atoms with E-state index in [0.29, 0.717) is 16.0 Å². The second-order valence-electron chi connectivity index (χ2n) is 7.37. The summed E-state index contributed by atoms with van der Waals surface area (Å²) in [5.74, 6) is 1.34. The summed E-state index contributed by atoms with van der Waals surface area (Å²) in [5.41, 5.74) is 6.33. The molecular formula is C20H21Cl2N3. The average Bonchev–Trinajstić information content (AvgIpc) is 3.07. The minimum atomic E-state index is 0.617. The summed E-state index contributed by atoms with van der Waals surface area (Å²) in [5, 5.41) is 8.38.